The number of hydrogen-bond donors (Lipinski definition) is 5. The standard InChI is InChI=1S/C34H35N5O5/c1-21-27(15-23(16-35)33(42)38-21)22-11-13-25(14-12-22)43-19-31(41)36-20-34(2,3)37-17-24(40)18-44-30-10-6-9-29-32(30)26-7-4-5-8-28(26)39-29/h4-15,24,37,39-40H,17-20H2,1-3H3,(H,36,41)(H,38,42). The number of amides is 1. The second-order valence-electron chi connectivity index (χ2n) is 11.3. The lowest BCUT2D eigenvalue weighted by atomic mass is 10.0. The van der Waals surface area contributed by atoms with Crippen LogP contribution in [0, 0.1) is 18.3 Å². The zero-order chi connectivity index (χ0) is 31.3. The number of nitrogens with one attached hydrogen (secondary N) is 4. The first-order chi connectivity index (χ1) is 21.1. The van der Waals surface area contributed by atoms with Crippen molar-refractivity contribution in [1.29, 1.82) is 5.26 Å². The number of para-hydroxylation sites is 1. The van der Waals surface area contributed by atoms with E-state index in [1.54, 1.807) is 37.3 Å². The normalized spacial score (nSPS) is 12.2. The minimum Gasteiger partial charge on any atom is -0.490 e. The minimum atomic E-state index is -0.761. The number of aliphatic hydroxyl groups excluding tert-OH is 1. The molecule has 5 aromatic rings. The van der Waals surface area contributed by atoms with Gasteiger partial charge in [-0.15, -0.1) is 0 Å². The predicted octanol–water partition coefficient (Wildman–Crippen LogP) is 4.16. The van der Waals surface area contributed by atoms with Gasteiger partial charge in [0.2, 0.25) is 0 Å². The van der Waals surface area contributed by atoms with E-state index < -0.39 is 17.2 Å². The number of nitriles is 1. The van der Waals surface area contributed by atoms with Gasteiger partial charge in [0.05, 0.1) is 5.52 Å². The van der Waals surface area contributed by atoms with Gasteiger partial charge in [0.25, 0.3) is 11.5 Å². The molecule has 0 saturated heterocycles. The van der Waals surface area contributed by atoms with Crippen LogP contribution in [0.25, 0.3) is 32.9 Å². The molecule has 44 heavy (non-hydrogen) atoms. The number of aliphatic hydroxyl groups is 1. The highest BCUT2D eigenvalue weighted by atomic mass is 16.5. The van der Waals surface area contributed by atoms with E-state index in [1.165, 1.54) is 0 Å². The molecule has 1 unspecified atom stereocenters. The summed E-state index contributed by atoms with van der Waals surface area (Å²) < 4.78 is 11.7. The molecule has 0 aliphatic heterocycles. The Morgan fingerprint density at radius 2 is 1.77 bits per heavy atom. The number of hydrogen-bond acceptors (Lipinski definition) is 7. The molecule has 0 saturated carbocycles. The van der Waals surface area contributed by atoms with E-state index in [0.29, 0.717) is 23.7 Å². The zero-order valence-corrected chi connectivity index (χ0v) is 24.9. The minimum absolute atomic E-state index is 0.0437. The third-order valence-corrected chi connectivity index (χ3v) is 7.36. The van der Waals surface area contributed by atoms with Crippen LogP contribution in [0.15, 0.2) is 77.6 Å². The summed E-state index contributed by atoms with van der Waals surface area (Å²) in [5.41, 5.74) is 3.34. The fourth-order valence-corrected chi connectivity index (χ4v) is 4.95. The smallest absolute Gasteiger partial charge is 0.266 e. The van der Waals surface area contributed by atoms with Crippen LogP contribution in [0.4, 0.5) is 0 Å². The Labute approximate surface area is 254 Å². The van der Waals surface area contributed by atoms with Crippen molar-refractivity contribution < 1.29 is 19.4 Å². The molecule has 2 heterocycles. The van der Waals surface area contributed by atoms with Crippen LogP contribution in [-0.2, 0) is 4.79 Å². The zero-order valence-electron chi connectivity index (χ0n) is 24.9. The summed E-state index contributed by atoms with van der Waals surface area (Å²) in [4.78, 5) is 30.4. The van der Waals surface area contributed by atoms with Crippen molar-refractivity contribution >= 4 is 27.7 Å². The van der Waals surface area contributed by atoms with Gasteiger partial charge < -0.3 is 35.2 Å². The van der Waals surface area contributed by atoms with E-state index in [1.807, 2.05) is 62.4 Å². The maximum Gasteiger partial charge on any atom is 0.266 e. The van der Waals surface area contributed by atoms with Crippen molar-refractivity contribution in [2.45, 2.75) is 32.4 Å². The summed E-state index contributed by atoms with van der Waals surface area (Å²) in [6.45, 7) is 6.18. The van der Waals surface area contributed by atoms with Gasteiger partial charge in [-0.05, 0) is 62.7 Å². The Balaban J connectivity index is 1.06. The largest absolute Gasteiger partial charge is 0.490 e. The molecule has 0 spiro atoms. The van der Waals surface area contributed by atoms with Crippen molar-refractivity contribution in [2.24, 2.45) is 0 Å². The Hall–Kier alpha value is -5.11. The number of carbonyl (C=O) groups excluding carboxylic acids is 1. The number of ether oxygens (including phenoxy) is 2. The Morgan fingerprint density at radius 1 is 1.02 bits per heavy atom. The topological polar surface area (TPSA) is 152 Å². The van der Waals surface area contributed by atoms with Crippen molar-refractivity contribution in [3.8, 4) is 28.7 Å². The molecule has 1 atom stereocenters. The van der Waals surface area contributed by atoms with Crippen LogP contribution in [0.5, 0.6) is 11.5 Å². The van der Waals surface area contributed by atoms with Gasteiger partial charge in [-0.2, -0.15) is 5.26 Å². The summed E-state index contributed by atoms with van der Waals surface area (Å²) in [5.74, 6) is 0.935. The van der Waals surface area contributed by atoms with Crippen LogP contribution in [0.1, 0.15) is 25.1 Å². The van der Waals surface area contributed by atoms with Gasteiger partial charge in [-0.3, -0.25) is 9.59 Å². The second kappa shape index (κ2) is 13.0. The summed E-state index contributed by atoms with van der Waals surface area (Å²) in [6, 6.07) is 24.4. The van der Waals surface area contributed by atoms with E-state index >= 15 is 0 Å². The summed E-state index contributed by atoms with van der Waals surface area (Å²) in [7, 11) is 0. The van der Waals surface area contributed by atoms with Crippen molar-refractivity contribution in [2.75, 3.05) is 26.3 Å². The highest BCUT2D eigenvalue weighted by Gasteiger charge is 2.20. The van der Waals surface area contributed by atoms with E-state index in [-0.39, 0.29) is 31.2 Å². The highest BCUT2D eigenvalue weighted by molar-refractivity contribution is 6.10. The lowest BCUT2D eigenvalue weighted by Gasteiger charge is -2.28. The SMILES string of the molecule is Cc1[nH]c(=O)c(C#N)cc1-c1ccc(OCC(=O)NCC(C)(C)NCC(O)COc2cccc3[nH]c4ccccc4c23)cc1. The Bertz CT molecular complexity index is 1890. The first kappa shape index (κ1) is 30.4. The molecule has 0 bridgehead atoms. The number of benzene rings is 3. The van der Waals surface area contributed by atoms with Gasteiger partial charge in [0.1, 0.15) is 35.8 Å². The number of H-pyrrole nitrogens is 2. The molecule has 2 aromatic heterocycles. The molecule has 10 heteroatoms. The molecular weight excluding hydrogens is 558 g/mol. The molecule has 0 fully saturated rings. The van der Waals surface area contributed by atoms with Crippen LogP contribution >= 0.6 is 0 Å². The lowest BCUT2D eigenvalue weighted by Crippen LogP contribution is -2.52. The van der Waals surface area contributed by atoms with Gasteiger partial charge >= 0.3 is 0 Å². The summed E-state index contributed by atoms with van der Waals surface area (Å²) in [6.07, 6.45) is -0.761. The number of carbonyl (C=O) groups is 1. The number of fused-ring (bicyclic) bond motifs is 3. The molecule has 0 aliphatic rings. The van der Waals surface area contributed by atoms with E-state index in [0.717, 1.165) is 32.9 Å². The van der Waals surface area contributed by atoms with Gasteiger partial charge in [-0.1, -0.05) is 36.4 Å². The maximum atomic E-state index is 12.5. The average Bonchev–Trinajstić information content (AvgIpc) is 3.41. The van der Waals surface area contributed by atoms with Crippen LogP contribution in [0.2, 0.25) is 0 Å². The molecular formula is C34H35N5O5. The van der Waals surface area contributed by atoms with Gasteiger partial charge in [-0.25, -0.2) is 0 Å². The van der Waals surface area contributed by atoms with E-state index in [4.69, 9.17) is 14.7 Å². The number of pyridine rings is 1. The Morgan fingerprint density at radius 3 is 2.55 bits per heavy atom. The first-order valence-corrected chi connectivity index (χ1v) is 14.3. The molecule has 3 aromatic carbocycles. The Kier molecular flexibility index (Phi) is 8.99. The molecule has 10 nitrogen and oxygen atoms in total. The molecule has 5 rings (SSSR count). The third kappa shape index (κ3) is 7.09. The lowest BCUT2D eigenvalue weighted by molar-refractivity contribution is -0.123. The van der Waals surface area contributed by atoms with Crippen LogP contribution in [0.3, 0.4) is 0 Å². The molecule has 1 amide bonds. The molecule has 226 valence electrons. The highest BCUT2D eigenvalue weighted by Crippen LogP contribution is 2.33. The average molecular weight is 594 g/mol. The number of aromatic amines is 2. The van der Waals surface area contributed by atoms with E-state index in [9.17, 15) is 14.7 Å². The third-order valence-electron chi connectivity index (χ3n) is 7.36. The first-order valence-electron chi connectivity index (χ1n) is 14.3. The fraction of sp³-hybridized carbons (Fsp3) is 0.265. The summed E-state index contributed by atoms with van der Waals surface area (Å²) >= 11 is 0. The predicted molar refractivity (Wildman–Crippen MR) is 170 cm³/mol. The summed E-state index contributed by atoms with van der Waals surface area (Å²) in [5, 5.41) is 28.0. The maximum absolute atomic E-state index is 12.5. The van der Waals surface area contributed by atoms with E-state index in [2.05, 4.69) is 20.6 Å². The number of nitrogens with zero attached hydrogens (tertiary/aromatic N) is 1. The van der Waals surface area contributed by atoms with Gasteiger partial charge in [0, 0.05) is 46.2 Å². The molecule has 0 aliphatic carbocycles. The second-order valence-corrected chi connectivity index (χ2v) is 11.3. The monoisotopic (exact) mass is 593 g/mol. The number of β-amino-alcohol motifs (C(OH)–C–C–N with tert-alkyl or cyclic N) is 1. The van der Waals surface area contributed by atoms with Crippen molar-refractivity contribution in [3.05, 3.63) is 94.4 Å². The molecule has 0 radical (unpaired) electrons. The van der Waals surface area contributed by atoms with Crippen molar-refractivity contribution in [1.82, 2.24) is 20.6 Å². The number of aryl methyl sites for hydroxylation is 1. The quantitative estimate of drug-likeness (QED) is 0.146. The van der Waals surface area contributed by atoms with Crippen LogP contribution < -0.4 is 25.7 Å². The fourth-order valence-electron chi connectivity index (χ4n) is 4.95. The van der Waals surface area contributed by atoms with Crippen molar-refractivity contribution in [3.63, 3.8) is 0 Å². The molecule has 5 N–H and O–H groups in total. The number of rotatable bonds is 12. The van der Waals surface area contributed by atoms with Gasteiger partial charge in [0.15, 0.2) is 6.61 Å². The van der Waals surface area contributed by atoms with Crippen LogP contribution in [-0.4, -0.2) is 58.9 Å². The number of aromatic nitrogens is 2.